The van der Waals surface area contributed by atoms with Crippen LogP contribution in [0.25, 0.3) is 0 Å². The summed E-state index contributed by atoms with van der Waals surface area (Å²) in [7, 11) is 0. The summed E-state index contributed by atoms with van der Waals surface area (Å²) in [5, 5.41) is 29.1. The second kappa shape index (κ2) is 16.7. The molecule has 4 rings (SSSR count). The van der Waals surface area contributed by atoms with E-state index in [1.54, 1.807) is 31.3 Å². The SMILES string of the molecule is CC.CCCOc1ccc(N2CCN(C[C@@](C)(O)c3ccc(CO)nc3)CC2)c(Cl)c1.N#Cc1ccccc1. The van der Waals surface area contributed by atoms with Gasteiger partial charge in [-0.25, -0.2) is 0 Å². The van der Waals surface area contributed by atoms with E-state index in [0.717, 1.165) is 49.6 Å². The molecule has 39 heavy (non-hydrogen) atoms. The maximum Gasteiger partial charge on any atom is 0.120 e. The largest absolute Gasteiger partial charge is 0.494 e. The van der Waals surface area contributed by atoms with Gasteiger partial charge in [0, 0.05) is 50.6 Å². The number of hydrogen-bond donors (Lipinski definition) is 2. The first kappa shape index (κ1) is 32.1. The standard InChI is InChI=1S/C22H30ClN3O3.C7H5N.C2H6/c1-3-12-29-19-6-7-21(20(23)13-19)26-10-8-25(9-11-26)16-22(2,28)17-4-5-18(15-27)24-14-17;8-6-7-4-2-1-3-5-7;1-2/h4-7,13-14,27-28H,3,8-12,15-16H2,1-2H3;1-5H;1-2H3/t22-;;/m1../s1. The minimum atomic E-state index is -1.00. The summed E-state index contributed by atoms with van der Waals surface area (Å²) in [5.74, 6) is 0.802. The highest BCUT2D eigenvalue weighted by atomic mass is 35.5. The number of pyridine rings is 1. The van der Waals surface area contributed by atoms with Crippen LogP contribution in [0.2, 0.25) is 5.02 Å². The highest BCUT2D eigenvalue weighted by molar-refractivity contribution is 6.33. The van der Waals surface area contributed by atoms with Crippen LogP contribution in [-0.4, -0.2) is 59.4 Å². The molecule has 1 aliphatic rings. The lowest BCUT2D eigenvalue weighted by Crippen LogP contribution is -2.50. The third-order valence-corrected chi connectivity index (χ3v) is 6.45. The first-order valence-corrected chi connectivity index (χ1v) is 13.9. The van der Waals surface area contributed by atoms with E-state index in [1.165, 1.54) is 0 Å². The maximum atomic E-state index is 10.9. The molecule has 0 unspecified atom stereocenters. The molecule has 1 aromatic heterocycles. The van der Waals surface area contributed by atoms with Gasteiger partial charge >= 0.3 is 0 Å². The van der Waals surface area contributed by atoms with Crippen LogP contribution in [0.1, 0.15) is 50.9 Å². The van der Waals surface area contributed by atoms with Gasteiger partial charge in [-0.2, -0.15) is 5.26 Å². The molecule has 0 saturated carbocycles. The Morgan fingerprint density at radius 3 is 2.26 bits per heavy atom. The number of anilines is 1. The van der Waals surface area contributed by atoms with Crippen molar-refractivity contribution < 1.29 is 14.9 Å². The van der Waals surface area contributed by atoms with E-state index >= 15 is 0 Å². The van der Waals surface area contributed by atoms with Crippen LogP contribution in [0.15, 0.2) is 66.9 Å². The molecular weight excluding hydrogens is 512 g/mol. The molecule has 0 amide bonds. The van der Waals surface area contributed by atoms with Gasteiger partial charge in [0.2, 0.25) is 0 Å². The monoisotopic (exact) mass is 552 g/mol. The molecule has 1 atom stereocenters. The fourth-order valence-corrected chi connectivity index (χ4v) is 4.37. The number of piperazine rings is 1. The molecule has 7 nitrogen and oxygen atoms in total. The zero-order valence-corrected chi connectivity index (χ0v) is 24.2. The summed E-state index contributed by atoms with van der Waals surface area (Å²) in [6, 6.07) is 20.6. The molecule has 0 bridgehead atoms. The smallest absolute Gasteiger partial charge is 0.120 e. The molecule has 8 heteroatoms. The van der Waals surface area contributed by atoms with Crippen LogP contribution in [0.3, 0.4) is 0 Å². The second-order valence-corrected chi connectivity index (χ2v) is 9.58. The van der Waals surface area contributed by atoms with E-state index in [4.69, 9.17) is 26.7 Å². The van der Waals surface area contributed by atoms with Gasteiger partial charge in [0.05, 0.1) is 41.3 Å². The Kier molecular flexibility index (Phi) is 13.8. The molecule has 2 heterocycles. The lowest BCUT2D eigenvalue weighted by Gasteiger charge is -2.39. The second-order valence-electron chi connectivity index (χ2n) is 9.17. The molecule has 1 fully saturated rings. The van der Waals surface area contributed by atoms with Gasteiger partial charge in [-0.3, -0.25) is 9.88 Å². The number of halogens is 1. The number of nitrogens with zero attached hydrogens (tertiary/aromatic N) is 4. The van der Waals surface area contributed by atoms with E-state index in [1.807, 2.05) is 62.4 Å². The Morgan fingerprint density at radius 2 is 1.74 bits per heavy atom. The first-order chi connectivity index (χ1) is 18.9. The number of aliphatic hydroxyl groups excluding tert-OH is 1. The summed E-state index contributed by atoms with van der Waals surface area (Å²) >= 11 is 6.49. The molecule has 0 spiro atoms. The van der Waals surface area contributed by atoms with Gasteiger partial charge < -0.3 is 19.8 Å². The third-order valence-electron chi connectivity index (χ3n) is 6.15. The van der Waals surface area contributed by atoms with E-state index in [2.05, 4.69) is 21.7 Å². The number of hydrogen-bond acceptors (Lipinski definition) is 7. The van der Waals surface area contributed by atoms with Crippen LogP contribution in [-0.2, 0) is 12.2 Å². The highest BCUT2D eigenvalue weighted by Gasteiger charge is 2.29. The molecule has 0 radical (unpaired) electrons. The molecule has 2 N–H and O–H groups in total. The lowest BCUT2D eigenvalue weighted by atomic mass is 9.96. The normalized spacial score (nSPS) is 14.6. The average Bonchev–Trinajstić information content (AvgIpc) is 2.98. The van der Waals surface area contributed by atoms with Crippen LogP contribution in [0, 0.1) is 11.3 Å². The van der Waals surface area contributed by atoms with Crippen molar-refractivity contribution in [3.8, 4) is 11.8 Å². The fourth-order valence-electron chi connectivity index (χ4n) is 4.08. The molecule has 3 aromatic rings. The molecule has 0 aliphatic carbocycles. The van der Waals surface area contributed by atoms with Crippen LogP contribution < -0.4 is 9.64 Å². The Balaban J connectivity index is 0.000000451. The maximum absolute atomic E-state index is 10.9. The third kappa shape index (κ3) is 10.2. The number of aromatic nitrogens is 1. The Hall–Kier alpha value is -3.15. The number of benzene rings is 2. The van der Waals surface area contributed by atoms with Crippen LogP contribution in [0.5, 0.6) is 5.75 Å². The van der Waals surface area contributed by atoms with Gasteiger partial charge in [0.15, 0.2) is 0 Å². The minimum Gasteiger partial charge on any atom is -0.494 e. The highest BCUT2D eigenvalue weighted by Crippen LogP contribution is 2.31. The number of rotatable bonds is 8. The molecule has 2 aromatic carbocycles. The van der Waals surface area contributed by atoms with Gasteiger partial charge in [-0.15, -0.1) is 0 Å². The van der Waals surface area contributed by atoms with Gasteiger partial charge in [0.1, 0.15) is 11.4 Å². The zero-order chi connectivity index (χ0) is 28.7. The summed E-state index contributed by atoms with van der Waals surface area (Å²) in [5.41, 5.74) is 2.08. The van der Waals surface area contributed by atoms with Crippen molar-refractivity contribution in [2.45, 2.75) is 46.3 Å². The van der Waals surface area contributed by atoms with Gasteiger partial charge in [0.25, 0.3) is 0 Å². The van der Waals surface area contributed by atoms with Crippen molar-refractivity contribution in [2.75, 3.05) is 44.2 Å². The summed E-state index contributed by atoms with van der Waals surface area (Å²) < 4.78 is 5.65. The number of β-amino-alcohol motifs (C(OH)–C–C–N with tert-alkyl or cyclic N) is 1. The zero-order valence-electron chi connectivity index (χ0n) is 23.5. The number of nitriles is 1. The van der Waals surface area contributed by atoms with Crippen molar-refractivity contribution in [3.63, 3.8) is 0 Å². The van der Waals surface area contributed by atoms with Crippen molar-refractivity contribution in [1.82, 2.24) is 9.88 Å². The Labute approximate surface area is 238 Å². The van der Waals surface area contributed by atoms with Crippen molar-refractivity contribution in [1.29, 1.82) is 5.26 Å². The van der Waals surface area contributed by atoms with Crippen molar-refractivity contribution in [2.24, 2.45) is 0 Å². The predicted octanol–water partition coefficient (Wildman–Crippen LogP) is 5.63. The summed E-state index contributed by atoms with van der Waals surface area (Å²) in [6.07, 6.45) is 2.61. The van der Waals surface area contributed by atoms with Crippen molar-refractivity contribution in [3.05, 3.63) is 88.7 Å². The van der Waals surface area contributed by atoms with E-state index in [0.29, 0.717) is 29.4 Å². The molecule has 210 valence electrons. The molecular formula is C31H41ClN4O3. The topological polar surface area (TPSA) is 92.8 Å². The average molecular weight is 553 g/mol. The van der Waals surface area contributed by atoms with Crippen LogP contribution in [0.4, 0.5) is 5.69 Å². The van der Waals surface area contributed by atoms with Crippen molar-refractivity contribution >= 4 is 17.3 Å². The predicted molar refractivity (Wildman–Crippen MR) is 158 cm³/mol. The summed E-state index contributed by atoms with van der Waals surface area (Å²) in [6.45, 7) is 12.4. The molecule has 1 aliphatic heterocycles. The van der Waals surface area contributed by atoms with Gasteiger partial charge in [-0.1, -0.05) is 56.6 Å². The lowest BCUT2D eigenvalue weighted by molar-refractivity contribution is 0.0140. The Bertz CT molecular complexity index is 1140. The molecule has 1 saturated heterocycles. The minimum absolute atomic E-state index is 0.0986. The van der Waals surface area contributed by atoms with E-state index in [9.17, 15) is 5.11 Å². The van der Waals surface area contributed by atoms with Gasteiger partial charge in [-0.05, 0) is 43.7 Å². The number of ether oxygens (including phenoxy) is 1. The quantitative estimate of drug-likeness (QED) is 0.374. The summed E-state index contributed by atoms with van der Waals surface area (Å²) in [4.78, 5) is 8.71. The van der Waals surface area contributed by atoms with E-state index in [-0.39, 0.29) is 6.61 Å². The van der Waals surface area contributed by atoms with Crippen LogP contribution >= 0.6 is 11.6 Å². The first-order valence-electron chi connectivity index (χ1n) is 13.5. The Morgan fingerprint density at radius 1 is 1.05 bits per heavy atom. The van der Waals surface area contributed by atoms with E-state index < -0.39 is 5.60 Å². The fraction of sp³-hybridized carbons (Fsp3) is 0.419. The number of aliphatic hydroxyl groups is 2.